The van der Waals surface area contributed by atoms with Gasteiger partial charge in [0.2, 0.25) is 5.95 Å². The number of nitrogens with one attached hydrogen (secondary N) is 2. The quantitative estimate of drug-likeness (QED) is 0.338. The number of rotatable bonds is 4. The minimum atomic E-state index is -0.797. The predicted molar refractivity (Wildman–Crippen MR) is 136 cm³/mol. The third-order valence-corrected chi connectivity index (χ3v) is 6.31. The molecule has 1 aliphatic heterocycles. The summed E-state index contributed by atoms with van der Waals surface area (Å²) in [5, 5.41) is 6.89. The fourth-order valence-corrected chi connectivity index (χ4v) is 4.26. The fraction of sp³-hybridized carbons (Fsp3) is 0.346. The van der Waals surface area contributed by atoms with Gasteiger partial charge in [-0.1, -0.05) is 6.42 Å². The van der Waals surface area contributed by atoms with Crippen LogP contribution >= 0.6 is 0 Å². The first-order valence-corrected chi connectivity index (χ1v) is 12.2. The van der Waals surface area contributed by atoms with Crippen LogP contribution in [-0.2, 0) is 0 Å². The van der Waals surface area contributed by atoms with Crippen molar-refractivity contribution in [2.24, 2.45) is 0 Å². The molecule has 1 unspecified atom stereocenters. The van der Waals surface area contributed by atoms with Gasteiger partial charge in [0.1, 0.15) is 11.6 Å². The first-order valence-electron chi connectivity index (χ1n) is 12.2. The molecule has 6 rings (SSSR count). The van der Waals surface area contributed by atoms with E-state index in [1.807, 2.05) is 6.20 Å². The zero-order chi connectivity index (χ0) is 25.1. The van der Waals surface area contributed by atoms with Gasteiger partial charge in [-0.3, -0.25) is 4.98 Å². The monoisotopic (exact) mass is 490 g/mol. The van der Waals surface area contributed by atoms with Gasteiger partial charge in [0, 0.05) is 29.4 Å². The SMILES string of the molecule is CC1CCCCN1.Nc1nc(-c2ccnc(Nc3nc(F)ccc3F)c2)nc2cncc(C3CC3)c12. The van der Waals surface area contributed by atoms with Crippen molar-refractivity contribution in [1.29, 1.82) is 0 Å². The normalized spacial score (nSPS) is 17.4. The molecule has 4 N–H and O–H groups in total. The summed E-state index contributed by atoms with van der Waals surface area (Å²) in [6, 6.07) is 6.05. The lowest BCUT2D eigenvalue weighted by molar-refractivity contribution is 0.425. The molecule has 0 bridgehead atoms. The molecule has 0 radical (unpaired) electrons. The van der Waals surface area contributed by atoms with Crippen molar-refractivity contribution in [3.63, 3.8) is 0 Å². The molecule has 2 aliphatic rings. The van der Waals surface area contributed by atoms with Crippen LogP contribution in [0.1, 0.15) is 50.5 Å². The van der Waals surface area contributed by atoms with E-state index in [2.05, 4.69) is 42.5 Å². The molecule has 1 saturated carbocycles. The zero-order valence-corrected chi connectivity index (χ0v) is 20.0. The zero-order valence-electron chi connectivity index (χ0n) is 20.0. The minimum Gasteiger partial charge on any atom is -0.383 e. The van der Waals surface area contributed by atoms with E-state index < -0.39 is 11.8 Å². The van der Waals surface area contributed by atoms with Gasteiger partial charge in [-0.2, -0.15) is 9.37 Å². The summed E-state index contributed by atoms with van der Waals surface area (Å²) >= 11 is 0. The summed E-state index contributed by atoms with van der Waals surface area (Å²) in [5.41, 5.74) is 8.61. The average Bonchev–Trinajstić information content (AvgIpc) is 3.72. The van der Waals surface area contributed by atoms with Crippen LogP contribution in [-0.4, -0.2) is 37.5 Å². The Balaban J connectivity index is 0.000000330. The smallest absolute Gasteiger partial charge is 0.214 e. The lowest BCUT2D eigenvalue weighted by Gasteiger charge is -2.18. The van der Waals surface area contributed by atoms with Crippen LogP contribution in [0.4, 0.5) is 26.2 Å². The van der Waals surface area contributed by atoms with Crippen molar-refractivity contribution in [3.8, 4) is 11.4 Å². The number of pyridine rings is 3. The Hall–Kier alpha value is -3.79. The van der Waals surface area contributed by atoms with Gasteiger partial charge in [-0.15, -0.1) is 0 Å². The van der Waals surface area contributed by atoms with Gasteiger partial charge in [0.25, 0.3) is 0 Å². The molecule has 0 amide bonds. The van der Waals surface area contributed by atoms with Crippen LogP contribution in [0, 0.1) is 11.8 Å². The highest BCUT2D eigenvalue weighted by atomic mass is 19.1. The summed E-state index contributed by atoms with van der Waals surface area (Å²) in [6.45, 7) is 3.49. The summed E-state index contributed by atoms with van der Waals surface area (Å²) in [5.74, 6) is -0.230. The Kier molecular flexibility index (Phi) is 6.95. The van der Waals surface area contributed by atoms with Gasteiger partial charge in [-0.05, 0) is 74.9 Å². The number of nitrogen functional groups attached to an aromatic ring is 1. The van der Waals surface area contributed by atoms with Crippen molar-refractivity contribution in [1.82, 2.24) is 30.2 Å². The fourth-order valence-electron chi connectivity index (χ4n) is 4.26. The Labute approximate surface area is 207 Å². The average molecular weight is 491 g/mol. The van der Waals surface area contributed by atoms with Crippen LogP contribution in [0.5, 0.6) is 0 Å². The van der Waals surface area contributed by atoms with E-state index in [1.54, 1.807) is 18.3 Å². The molecule has 4 aromatic rings. The molecule has 186 valence electrons. The second-order valence-corrected chi connectivity index (χ2v) is 9.20. The van der Waals surface area contributed by atoms with E-state index in [9.17, 15) is 8.78 Å². The largest absolute Gasteiger partial charge is 0.383 e. The van der Waals surface area contributed by atoms with Crippen LogP contribution in [0.15, 0.2) is 42.9 Å². The number of hydrogen-bond donors (Lipinski definition) is 3. The number of fused-ring (bicyclic) bond motifs is 1. The number of halogens is 2. The maximum Gasteiger partial charge on any atom is 0.214 e. The van der Waals surface area contributed by atoms with E-state index in [4.69, 9.17) is 5.73 Å². The lowest BCUT2D eigenvalue weighted by Crippen LogP contribution is -2.30. The van der Waals surface area contributed by atoms with E-state index in [-0.39, 0.29) is 11.6 Å². The highest BCUT2D eigenvalue weighted by molar-refractivity contribution is 5.92. The van der Waals surface area contributed by atoms with E-state index in [0.29, 0.717) is 28.6 Å². The number of nitrogens with zero attached hydrogens (tertiary/aromatic N) is 5. The van der Waals surface area contributed by atoms with Crippen molar-refractivity contribution >= 4 is 28.4 Å². The number of aromatic nitrogens is 5. The molecule has 2 fully saturated rings. The molecule has 1 saturated heterocycles. The highest BCUT2D eigenvalue weighted by Gasteiger charge is 2.27. The molecule has 0 spiro atoms. The van der Waals surface area contributed by atoms with Gasteiger partial charge in [0.15, 0.2) is 17.5 Å². The molecule has 1 atom stereocenters. The first kappa shape index (κ1) is 23.9. The summed E-state index contributed by atoms with van der Waals surface area (Å²) in [7, 11) is 0. The Bertz CT molecular complexity index is 1370. The van der Waals surface area contributed by atoms with Gasteiger partial charge in [-0.25, -0.2) is 19.3 Å². The number of nitrogens with two attached hydrogens (primary N) is 1. The van der Waals surface area contributed by atoms with E-state index in [0.717, 1.165) is 42.0 Å². The predicted octanol–water partition coefficient (Wildman–Crippen LogP) is 5.11. The molecule has 1 aliphatic carbocycles. The number of piperidine rings is 1. The van der Waals surface area contributed by atoms with Gasteiger partial charge < -0.3 is 16.4 Å². The number of anilines is 3. The Morgan fingerprint density at radius 3 is 2.61 bits per heavy atom. The summed E-state index contributed by atoms with van der Waals surface area (Å²) < 4.78 is 27.1. The summed E-state index contributed by atoms with van der Waals surface area (Å²) in [4.78, 5) is 21.0. The molecular formula is C26H28F2N8. The van der Waals surface area contributed by atoms with Crippen molar-refractivity contribution in [2.75, 3.05) is 17.6 Å². The van der Waals surface area contributed by atoms with Crippen LogP contribution in [0.25, 0.3) is 22.3 Å². The molecule has 4 aromatic heterocycles. The van der Waals surface area contributed by atoms with E-state index in [1.165, 1.54) is 32.0 Å². The van der Waals surface area contributed by atoms with Crippen molar-refractivity contribution in [3.05, 3.63) is 60.2 Å². The third kappa shape index (κ3) is 5.54. The molecule has 0 aromatic carbocycles. The minimum absolute atomic E-state index is 0.258. The Morgan fingerprint density at radius 1 is 1.03 bits per heavy atom. The van der Waals surface area contributed by atoms with Crippen molar-refractivity contribution in [2.45, 2.75) is 51.0 Å². The Morgan fingerprint density at radius 2 is 1.89 bits per heavy atom. The molecule has 8 nitrogen and oxygen atoms in total. The molecule has 36 heavy (non-hydrogen) atoms. The molecular weight excluding hydrogens is 462 g/mol. The van der Waals surface area contributed by atoms with Gasteiger partial charge >= 0.3 is 0 Å². The van der Waals surface area contributed by atoms with Crippen LogP contribution in [0.3, 0.4) is 0 Å². The second kappa shape index (κ2) is 10.4. The van der Waals surface area contributed by atoms with E-state index >= 15 is 0 Å². The third-order valence-electron chi connectivity index (χ3n) is 6.31. The number of hydrogen-bond acceptors (Lipinski definition) is 8. The second-order valence-electron chi connectivity index (χ2n) is 9.20. The van der Waals surface area contributed by atoms with Crippen LogP contribution in [0.2, 0.25) is 0 Å². The lowest BCUT2D eigenvalue weighted by atomic mass is 10.1. The molecule has 10 heteroatoms. The van der Waals surface area contributed by atoms with Gasteiger partial charge in [0.05, 0.1) is 11.7 Å². The summed E-state index contributed by atoms with van der Waals surface area (Å²) in [6.07, 6.45) is 11.4. The van der Waals surface area contributed by atoms with Crippen LogP contribution < -0.4 is 16.4 Å². The standard InChI is InChI=1S/C20H15F2N7.C6H13N/c21-13-3-4-15(22)27-20(13)28-16-7-11(5-6-25-16)19-26-14-9-24-8-12(10-1-2-10)17(14)18(23)29-19;1-6-4-2-3-5-7-6/h3-10H,1-2H2,(H2,23,26,29)(H,25,27,28);6-7H,2-5H2,1H3. The first-order chi connectivity index (χ1) is 17.5. The van der Waals surface area contributed by atoms with Crippen molar-refractivity contribution < 1.29 is 8.78 Å². The molecule has 5 heterocycles. The maximum absolute atomic E-state index is 13.8. The highest BCUT2D eigenvalue weighted by Crippen LogP contribution is 2.43. The maximum atomic E-state index is 13.8. The topological polar surface area (TPSA) is 115 Å².